The van der Waals surface area contributed by atoms with Crippen molar-refractivity contribution in [2.75, 3.05) is 13.1 Å². The highest BCUT2D eigenvalue weighted by Crippen LogP contribution is 1.98. The van der Waals surface area contributed by atoms with E-state index in [0.717, 1.165) is 6.42 Å². The summed E-state index contributed by atoms with van der Waals surface area (Å²) >= 11 is 0. The third-order valence-corrected chi connectivity index (χ3v) is 2.48. The van der Waals surface area contributed by atoms with Crippen molar-refractivity contribution in [3.05, 3.63) is 0 Å². The van der Waals surface area contributed by atoms with Crippen LogP contribution in [0.2, 0.25) is 0 Å². The third-order valence-electron chi connectivity index (χ3n) is 2.48. The second-order valence-electron chi connectivity index (χ2n) is 4.27. The summed E-state index contributed by atoms with van der Waals surface area (Å²) in [5.41, 5.74) is 5.10. The zero-order chi connectivity index (χ0) is 12.7. The Kier molecular flexibility index (Phi) is 6.72. The van der Waals surface area contributed by atoms with E-state index in [0.29, 0.717) is 6.04 Å². The monoisotopic (exact) mass is 229 g/mol. The lowest BCUT2D eigenvalue weighted by Gasteiger charge is -2.26. The van der Waals surface area contributed by atoms with Crippen molar-refractivity contribution in [1.82, 2.24) is 10.2 Å². The minimum atomic E-state index is -0.481. The van der Waals surface area contributed by atoms with Crippen LogP contribution >= 0.6 is 0 Å². The maximum Gasteiger partial charge on any atom is 0.237 e. The quantitative estimate of drug-likeness (QED) is 0.650. The summed E-state index contributed by atoms with van der Waals surface area (Å²) in [7, 11) is 0. The Morgan fingerprint density at radius 1 is 1.31 bits per heavy atom. The Bertz CT molecular complexity index is 241. The molecule has 2 amide bonds. The number of hydrogen-bond donors (Lipinski definition) is 2. The van der Waals surface area contributed by atoms with Crippen molar-refractivity contribution < 1.29 is 9.59 Å². The molecule has 5 nitrogen and oxygen atoms in total. The van der Waals surface area contributed by atoms with Crippen molar-refractivity contribution in [2.24, 2.45) is 5.73 Å². The molecule has 0 aliphatic rings. The second-order valence-corrected chi connectivity index (χ2v) is 4.27. The van der Waals surface area contributed by atoms with E-state index in [2.05, 4.69) is 5.32 Å². The summed E-state index contributed by atoms with van der Waals surface area (Å²) in [6.45, 7) is 8.03. The fraction of sp³-hybridized carbons (Fsp3) is 0.818. The van der Waals surface area contributed by atoms with Crippen LogP contribution in [-0.4, -0.2) is 41.9 Å². The average molecular weight is 229 g/mol. The number of rotatable bonds is 7. The van der Waals surface area contributed by atoms with Gasteiger partial charge in [-0.3, -0.25) is 9.59 Å². The Balaban J connectivity index is 4.22. The van der Waals surface area contributed by atoms with Crippen LogP contribution < -0.4 is 11.1 Å². The SMILES string of the molecule is CCC(C)NCC(=O)N(CC(N)=O)C(C)C. The summed E-state index contributed by atoms with van der Waals surface area (Å²) < 4.78 is 0. The molecule has 1 atom stereocenters. The number of nitrogens with two attached hydrogens (primary N) is 1. The second kappa shape index (κ2) is 7.22. The van der Waals surface area contributed by atoms with Crippen molar-refractivity contribution in [2.45, 2.75) is 46.2 Å². The van der Waals surface area contributed by atoms with Gasteiger partial charge in [0.15, 0.2) is 0 Å². The normalized spacial score (nSPS) is 12.6. The average Bonchev–Trinajstić information content (AvgIpc) is 2.21. The van der Waals surface area contributed by atoms with E-state index < -0.39 is 5.91 Å². The van der Waals surface area contributed by atoms with Gasteiger partial charge in [-0.2, -0.15) is 0 Å². The van der Waals surface area contributed by atoms with Gasteiger partial charge in [0.2, 0.25) is 11.8 Å². The minimum Gasteiger partial charge on any atom is -0.368 e. The van der Waals surface area contributed by atoms with Gasteiger partial charge in [0.05, 0.1) is 13.1 Å². The van der Waals surface area contributed by atoms with Crippen molar-refractivity contribution >= 4 is 11.8 Å². The van der Waals surface area contributed by atoms with Gasteiger partial charge in [-0.15, -0.1) is 0 Å². The maximum atomic E-state index is 11.8. The van der Waals surface area contributed by atoms with E-state index >= 15 is 0 Å². The van der Waals surface area contributed by atoms with Gasteiger partial charge in [-0.05, 0) is 27.2 Å². The molecule has 16 heavy (non-hydrogen) atoms. The summed E-state index contributed by atoms with van der Waals surface area (Å²) in [5, 5.41) is 3.10. The number of nitrogens with zero attached hydrogens (tertiary/aromatic N) is 1. The highest BCUT2D eigenvalue weighted by atomic mass is 16.2. The predicted octanol–water partition coefficient (Wildman–Crippen LogP) is 0.0968. The molecule has 0 spiro atoms. The first-order valence-electron chi connectivity index (χ1n) is 5.69. The Hall–Kier alpha value is -1.10. The molecule has 3 N–H and O–H groups in total. The van der Waals surface area contributed by atoms with Gasteiger partial charge >= 0.3 is 0 Å². The largest absolute Gasteiger partial charge is 0.368 e. The van der Waals surface area contributed by atoms with Crippen LogP contribution in [0.3, 0.4) is 0 Å². The van der Waals surface area contributed by atoms with Gasteiger partial charge in [0.1, 0.15) is 0 Å². The van der Waals surface area contributed by atoms with E-state index in [4.69, 9.17) is 5.73 Å². The lowest BCUT2D eigenvalue weighted by Crippen LogP contribution is -2.47. The van der Waals surface area contributed by atoms with Crippen LogP contribution in [0, 0.1) is 0 Å². The number of carbonyl (C=O) groups is 2. The van der Waals surface area contributed by atoms with E-state index in [1.54, 1.807) is 0 Å². The highest BCUT2D eigenvalue weighted by Gasteiger charge is 2.18. The highest BCUT2D eigenvalue weighted by molar-refractivity contribution is 5.85. The topological polar surface area (TPSA) is 75.4 Å². The molecule has 0 aliphatic heterocycles. The minimum absolute atomic E-state index is 0.0151. The predicted molar refractivity (Wildman–Crippen MR) is 63.8 cm³/mol. The van der Waals surface area contributed by atoms with Gasteiger partial charge in [0.25, 0.3) is 0 Å². The van der Waals surface area contributed by atoms with Crippen LogP contribution in [0.5, 0.6) is 0 Å². The van der Waals surface area contributed by atoms with Crippen LogP contribution in [0.25, 0.3) is 0 Å². The van der Waals surface area contributed by atoms with Crippen LogP contribution in [0.4, 0.5) is 0 Å². The molecular formula is C11H23N3O2. The molecule has 94 valence electrons. The number of nitrogens with one attached hydrogen (secondary N) is 1. The molecule has 1 unspecified atom stereocenters. The van der Waals surface area contributed by atoms with Crippen molar-refractivity contribution in [3.8, 4) is 0 Å². The zero-order valence-corrected chi connectivity index (χ0v) is 10.6. The summed E-state index contributed by atoms with van der Waals surface area (Å²) in [5.74, 6) is -0.570. The van der Waals surface area contributed by atoms with E-state index in [-0.39, 0.29) is 25.0 Å². The molecule has 0 heterocycles. The smallest absolute Gasteiger partial charge is 0.237 e. The summed E-state index contributed by atoms with van der Waals surface area (Å²) in [4.78, 5) is 24.1. The first kappa shape index (κ1) is 14.9. The van der Waals surface area contributed by atoms with Gasteiger partial charge in [-0.1, -0.05) is 6.92 Å². The molecule has 0 saturated heterocycles. The Morgan fingerprint density at radius 3 is 2.25 bits per heavy atom. The molecule has 0 saturated carbocycles. The van der Waals surface area contributed by atoms with E-state index in [9.17, 15) is 9.59 Å². The molecule has 0 aromatic heterocycles. The third kappa shape index (κ3) is 5.70. The van der Waals surface area contributed by atoms with Crippen LogP contribution in [-0.2, 0) is 9.59 Å². The first-order valence-corrected chi connectivity index (χ1v) is 5.69. The zero-order valence-electron chi connectivity index (χ0n) is 10.6. The van der Waals surface area contributed by atoms with Crippen molar-refractivity contribution in [1.29, 1.82) is 0 Å². The lowest BCUT2D eigenvalue weighted by molar-refractivity contribution is -0.136. The first-order chi connectivity index (χ1) is 7.38. The fourth-order valence-corrected chi connectivity index (χ4v) is 1.23. The van der Waals surface area contributed by atoms with E-state index in [1.807, 2.05) is 27.7 Å². The molecule has 0 aliphatic carbocycles. The maximum absolute atomic E-state index is 11.8. The molecule has 0 rings (SSSR count). The number of amides is 2. The Morgan fingerprint density at radius 2 is 1.88 bits per heavy atom. The molecule has 0 aromatic carbocycles. The van der Waals surface area contributed by atoms with Crippen molar-refractivity contribution in [3.63, 3.8) is 0 Å². The molecule has 0 aromatic rings. The summed E-state index contributed by atoms with van der Waals surface area (Å²) in [6.07, 6.45) is 0.963. The van der Waals surface area contributed by atoms with Gasteiger partial charge in [-0.25, -0.2) is 0 Å². The van der Waals surface area contributed by atoms with Crippen LogP contribution in [0.1, 0.15) is 34.1 Å². The molecule has 0 fully saturated rings. The molecule has 0 radical (unpaired) electrons. The number of hydrogen-bond acceptors (Lipinski definition) is 3. The Labute approximate surface area is 97.4 Å². The fourth-order valence-electron chi connectivity index (χ4n) is 1.23. The van der Waals surface area contributed by atoms with Crippen LogP contribution in [0.15, 0.2) is 0 Å². The number of carbonyl (C=O) groups excluding carboxylic acids is 2. The standard InChI is InChI=1S/C11H23N3O2/c1-5-9(4)13-6-11(16)14(8(2)3)7-10(12)15/h8-9,13H,5-7H2,1-4H3,(H2,12,15). The summed E-state index contributed by atoms with van der Waals surface area (Å²) in [6, 6.07) is 0.283. The molecule has 5 heteroatoms. The molecular weight excluding hydrogens is 206 g/mol. The molecule has 0 bridgehead atoms. The number of primary amides is 1. The lowest BCUT2D eigenvalue weighted by atomic mass is 10.2. The van der Waals surface area contributed by atoms with Gasteiger partial charge in [0, 0.05) is 12.1 Å². The van der Waals surface area contributed by atoms with Gasteiger partial charge < -0.3 is 16.0 Å². The van der Waals surface area contributed by atoms with E-state index in [1.165, 1.54) is 4.90 Å².